The Hall–Kier alpha value is -2.19. The molecule has 1 aromatic carbocycles. The van der Waals surface area contributed by atoms with Gasteiger partial charge in [-0.25, -0.2) is 0 Å². The van der Waals surface area contributed by atoms with Crippen LogP contribution in [0.4, 0.5) is 0 Å². The normalized spacial score (nSPS) is 11.2. The second-order valence-corrected chi connectivity index (χ2v) is 5.98. The Balaban J connectivity index is 1.73. The SMILES string of the molecule is c1ccc(Cc2nn3c(-c4cnns4)nnc3s2)cc1. The molecule has 0 saturated carbocycles. The smallest absolute Gasteiger partial charge is 0.182 e. The molecule has 0 spiro atoms. The van der Waals surface area contributed by atoms with Crippen LogP contribution in [0.2, 0.25) is 0 Å². The summed E-state index contributed by atoms with van der Waals surface area (Å²) >= 11 is 2.84. The summed E-state index contributed by atoms with van der Waals surface area (Å²) in [7, 11) is 0. The zero-order chi connectivity index (χ0) is 13.4. The molecule has 0 amide bonds. The lowest BCUT2D eigenvalue weighted by atomic mass is 10.2. The largest absolute Gasteiger partial charge is 0.235 e. The zero-order valence-electron chi connectivity index (χ0n) is 10.2. The van der Waals surface area contributed by atoms with Crippen molar-refractivity contribution in [3.8, 4) is 10.7 Å². The molecule has 0 unspecified atom stereocenters. The van der Waals surface area contributed by atoms with Crippen molar-refractivity contribution < 1.29 is 0 Å². The second kappa shape index (κ2) is 4.73. The highest BCUT2D eigenvalue weighted by Crippen LogP contribution is 2.24. The van der Waals surface area contributed by atoms with Crippen molar-refractivity contribution >= 4 is 27.8 Å². The lowest BCUT2D eigenvalue weighted by Gasteiger charge is -1.95. The Morgan fingerprint density at radius 3 is 2.80 bits per heavy atom. The molecule has 0 fully saturated rings. The third kappa shape index (κ3) is 1.98. The Bertz CT molecular complexity index is 833. The minimum atomic E-state index is 0.700. The van der Waals surface area contributed by atoms with Gasteiger partial charge in [0.1, 0.15) is 9.88 Å². The molecule has 0 aliphatic heterocycles. The van der Waals surface area contributed by atoms with Gasteiger partial charge in [-0.3, -0.25) is 0 Å². The zero-order valence-corrected chi connectivity index (χ0v) is 11.8. The summed E-state index contributed by atoms with van der Waals surface area (Å²) in [6, 6.07) is 10.3. The molecular formula is C12H8N6S2. The van der Waals surface area contributed by atoms with Crippen molar-refractivity contribution in [1.29, 1.82) is 0 Å². The van der Waals surface area contributed by atoms with Crippen LogP contribution in [0.5, 0.6) is 0 Å². The first-order valence-electron chi connectivity index (χ1n) is 5.93. The lowest BCUT2D eigenvalue weighted by molar-refractivity contribution is 0.919. The highest BCUT2D eigenvalue weighted by molar-refractivity contribution is 7.16. The molecule has 0 aliphatic rings. The number of nitrogens with zero attached hydrogens (tertiary/aromatic N) is 6. The van der Waals surface area contributed by atoms with E-state index in [9.17, 15) is 0 Å². The van der Waals surface area contributed by atoms with Gasteiger partial charge >= 0.3 is 0 Å². The number of rotatable bonds is 3. The number of aromatic nitrogens is 6. The first kappa shape index (κ1) is 11.6. The monoisotopic (exact) mass is 300 g/mol. The Morgan fingerprint density at radius 1 is 1.10 bits per heavy atom. The molecule has 3 aromatic heterocycles. The van der Waals surface area contributed by atoms with Crippen LogP contribution >= 0.6 is 22.9 Å². The summed E-state index contributed by atoms with van der Waals surface area (Å²) in [5.74, 6) is 0.700. The molecule has 0 atom stereocenters. The number of hydrogen-bond donors (Lipinski definition) is 0. The minimum Gasteiger partial charge on any atom is -0.182 e. The molecule has 8 heteroatoms. The molecule has 3 heterocycles. The summed E-state index contributed by atoms with van der Waals surface area (Å²) in [5.41, 5.74) is 1.23. The molecule has 0 bridgehead atoms. The van der Waals surface area contributed by atoms with Crippen LogP contribution in [0.1, 0.15) is 10.6 Å². The summed E-state index contributed by atoms with van der Waals surface area (Å²) in [4.78, 5) is 1.66. The molecule has 98 valence electrons. The van der Waals surface area contributed by atoms with E-state index in [0.29, 0.717) is 5.82 Å². The van der Waals surface area contributed by atoms with Crippen molar-refractivity contribution in [2.45, 2.75) is 6.42 Å². The van der Waals surface area contributed by atoms with Crippen LogP contribution < -0.4 is 0 Å². The van der Waals surface area contributed by atoms with Crippen LogP contribution in [-0.4, -0.2) is 29.4 Å². The fourth-order valence-electron chi connectivity index (χ4n) is 1.92. The third-order valence-electron chi connectivity index (χ3n) is 2.81. The van der Waals surface area contributed by atoms with Crippen LogP contribution in [0, 0.1) is 0 Å². The molecule has 4 rings (SSSR count). The highest BCUT2D eigenvalue weighted by atomic mass is 32.1. The van der Waals surface area contributed by atoms with Crippen molar-refractivity contribution in [2.24, 2.45) is 0 Å². The minimum absolute atomic E-state index is 0.700. The number of hydrogen-bond acceptors (Lipinski definition) is 7. The Kier molecular flexibility index (Phi) is 2.75. The van der Waals surface area contributed by atoms with Gasteiger partial charge in [0, 0.05) is 6.42 Å². The van der Waals surface area contributed by atoms with Gasteiger partial charge < -0.3 is 0 Å². The molecule has 0 radical (unpaired) electrons. The fourth-order valence-corrected chi connectivity index (χ4v) is 3.27. The quantitative estimate of drug-likeness (QED) is 0.580. The Morgan fingerprint density at radius 2 is 2.00 bits per heavy atom. The highest BCUT2D eigenvalue weighted by Gasteiger charge is 2.15. The van der Waals surface area contributed by atoms with Crippen LogP contribution in [0.25, 0.3) is 15.7 Å². The van der Waals surface area contributed by atoms with Crippen LogP contribution in [0.3, 0.4) is 0 Å². The molecular weight excluding hydrogens is 292 g/mol. The van der Waals surface area contributed by atoms with E-state index >= 15 is 0 Å². The maximum absolute atomic E-state index is 4.59. The predicted octanol–water partition coefficient (Wildman–Crippen LogP) is 2.30. The summed E-state index contributed by atoms with van der Waals surface area (Å²) in [5, 5.41) is 17.7. The van der Waals surface area contributed by atoms with Crippen molar-refractivity contribution in [2.75, 3.05) is 0 Å². The van der Waals surface area contributed by atoms with E-state index in [1.807, 2.05) is 18.2 Å². The maximum Gasteiger partial charge on any atom is 0.235 e. The average Bonchev–Trinajstić information content (AvgIpc) is 3.15. The topological polar surface area (TPSA) is 68.9 Å². The fraction of sp³-hybridized carbons (Fsp3) is 0.0833. The molecule has 0 aliphatic carbocycles. The summed E-state index contributed by atoms with van der Waals surface area (Å²) in [6.07, 6.45) is 2.48. The molecule has 20 heavy (non-hydrogen) atoms. The molecule has 0 N–H and O–H groups in total. The first-order valence-corrected chi connectivity index (χ1v) is 7.52. The van der Waals surface area contributed by atoms with Gasteiger partial charge in [0.2, 0.25) is 4.96 Å². The van der Waals surface area contributed by atoms with Gasteiger partial charge in [-0.1, -0.05) is 46.2 Å². The van der Waals surface area contributed by atoms with Crippen molar-refractivity contribution in [3.63, 3.8) is 0 Å². The maximum atomic E-state index is 4.59. The number of fused-ring (bicyclic) bond motifs is 1. The third-order valence-corrected chi connectivity index (χ3v) is 4.37. The summed E-state index contributed by atoms with van der Waals surface area (Å²) < 4.78 is 5.61. The van der Waals surface area contributed by atoms with E-state index in [0.717, 1.165) is 21.3 Å². The van der Waals surface area contributed by atoms with Gasteiger partial charge in [-0.15, -0.1) is 15.3 Å². The van der Waals surface area contributed by atoms with Gasteiger partial charge in [0.05, 0.1) is 6.20 Å². The van der Waals surface area contributed by atoms with Gasteiger partial charge in [0.15, 0.2) is 5.82 Å². The van der Waals surface area contributed by atoms with Crippen molar-refractivity contribution in [3.05, 3.63) is 47.1 Å². The predicted molar refractivity (Wildman–Crippen MR) is 76.8 cm³/mol. The van der Waals surface area contributed by atoms with Gasteiger partial charge in [-0.05, 0) is 17.1 Å². The van der Waals surface area contributed by atoms with Crippen LogP contribution in [0.15, 0.2) is 36.5 Å². The first-order chi connectivity index (χ1) is 9.90. The Labute approximate surface area is 121 Å². The van der Waals surface area contributed by atoms with E-state index in [4.69, 9.17) is 0 Å². The van der Waals surface area contributed by atoms with Gasteiger partial charge in [0.25, 0.3) is 0 Å². The second-order valence-electron chi connectivity index (χ2n) is 4.16. The van der Waals surface area contributed by atoms with E-state index in [2.05, 4.69) is 37.0 Å². The number of benzene rings is 1. The molecule has 0 saturated heterocycles. The summed E-state index contributed by atoms with van der Waals surface area (Å²) in [6.45, 7) is 0. The van der Waals surface area contributed by atoms with Crippen molar-refractivity contribution in [1.82, 2.24) is 29.4 Å². The molecule has 4 aromatic rings. The van der Waals surface area contributed by atoms with Gasteiger partial charge in [-0.2, -0.15) is 9.61 Å². The average molecular weight is 300 g/mol. The van der Waals surface area contributed by atoms with E-state index in [1.165, 1.54) is 17.1 Å². The van der Waals surface area contributed by atoms with E-state index in [1.54, 1.807) is 22.0 Å². The lowest BCUT2D eigenvalue weighted by Crippen LogP contribution is -1.92. The van der Waals surface area contributed by atoms with E-state index < -0.39 is 0 Å². The van der Waals surface area contributed by atoms with Crippen LogP contribution in [-0.2, 0) is 6.42 Å². The van der Waals surface area contributed by atoms with E-state index in [-0.39, 0.29) is 0 Å². The molecule has 6 nitrogen and oxygen atoms in total. The standard InChI is InChI=1S/C12H8N6S2/c1-2-4-8(5-3-1)6-10-16-18-11(9-7-13-17-20-9)14-15-12(18)19-10/h1-5,7H,6H2.